The molecule has 2 aromatic carbocycles. The molecule has 0 bridgehead atoms. The molecule has 5 rings (SSSR count). The van der Waals surface area contributed by atoms with Gasteiger partial charge in [0.2, 0.25) is 0 Å². The first-order chi connectivity index (χ1) is 13.9. The van der Waals surface area contributed by atoms with Gasteiger partial charge in [-0.15, -0.1) is 0 Å². The zero-order chi connectivity index (χ0) is 20.2. The van der Waals surface area contributed by atoms with Gasteiger partial charge in [0, 0.05) is 11.0 Å². The van der Waals surface area contributed by atoms with Crippen LogP contribution in [0.2, 0.25) is 0 Å². The van der Waals surface area contributed by atoms with E-state index in [1.54, 1.807) is 12.1 Å². The van der Waals surface area contributed by atoms with Crippen LogP contribution in [0.1, 0.15) is 61.6 Å². The lowest BCUT2D eigenvalue weighted by Gasteiger charge is -2.52. The average Bonchev–Trinajstić information content (AvgIpc) is 2.98. The van der Waals surface area contributed by atoms with E-state index >= 15 is 0 Å². The second kappa shape index (κ2) is 6.61. The van der Waals surface area contributed by atoms with Crippen LogP contribution in [-0.2, 0) is 6.42 Å². The quantitative estimate of drug-likeness (QED) is 0.610. The van der Waals surface area contributed by atoms with Crippen molar-refractivity contribution in [1.82, 2.24) is 0 Å². The molecule has 29 heavy (non-hydrogen) atoms. The van der Waals surface area contributed by atoms with Gasteiger partial charge in [0.05, 0.1) is 0 Å². The van der Waals surface area contributed by atoms with Crippen LogP contribution in [0.4, 0.5) is 4.39 Å². The molecule has 0 amide bonds. The summed E-state index contributed by atoms with van der Waals surface area (Å²) in [4.78, 5) is 0. The fourth-order valence-electron chi connectivity index (χ4n) is 6.50. The van der Waals surface area contributed by atoms with Crippen molar-refractivity contribution in [3.63, 3.8) is 0 Å². The fraction of sp³-hybridized carbons (Fsp3) is 0.462. The molecule has 3 heteroatoms. The van der Waals surface area contributed by atoms with Crippen molar-refractivity contribution in [3.05, 3.63) is 65.0 Å². The Kier molecular flexibility index (Phi) is 4.26. The number of aromatic hydroxyl groups is 1. The van der Waals surface area contributed by atoms with E-state index < -0.39 is 5.60 Å². The third-order valence-electron chi connectivity index (χ3n) is 8.12. The molecule has 5 atom stereocenters. The summed E-state index contributed by atoms with van der Waals surface area (Å²) in [6.45, 7) is 2.23. The SMILES string of the molecule is C[C@]12CC[C@@H]3c4ccc(O)cc4CC[C@H]3[C@@H]1CC[C@@]2(O)C#Cc1ccc([18F])cc1. The van der Waals surface area contributed by atoms with E-state index in [0.29, 0.717) is 29.9 Å². The van der Waals surface area contributed by atoms with Crippen LogP contribution < -0.4 is 0 Å². The first-order valence-electron chi connectivity index (χ1n) is 10.7. The molecule has 0 spiro atoms. The van der Waals surface area contributed by atoms with Gasteiger partial charge in [-0.3, -0.25) is 0 Å². The summed E-state index contributed by atoms with van der Waals surface area (Å²) in [5.74, 6) is 7.94. The topological polar surface area (TPSA) is 40.5 Å². The predicted molar refractivity (Wildman–Crippen MR) is 111 cm³/mol. The molecular formula is C26H27FO2. The maximum absolute atomic E-state index is 13.2. The second-order valence-corrected chi connectivity index (χ2v) is 9.41. The highest BCUT2D eigenvalue weighted by atomic mass is 18.2. The van der Waals surface area contributed by atoms with Crippen molar-refractivity contribution in [3.8, 4) is 17.6 Å². The Labute approximate surface area is 171 Å². The molecule has 2 N–H and O–H groups in total. The van der Waals surface area contributed by atoms with Gasteiger partial charge in [-0.05, 0) is 104 Å². The highest BCUT2D eigenvalue weighted by Gasteiger charge is 2.61. The van der Waals surface area contributed by atoms with Crippen molar-refractivity contribution in [2.45, 2.75) is 57.0 Å². The number of fused-ring (bicyclic) bond motifs is 5. The number of phenols is 1. The van der Waals surface area contributed by atoms with Crippen LogP contribution in [0, 0.1) is 34.9 Å². The van der Waals surface area contributed by atoms with Gasteiger partial charge in [-0.25, -0.2) is 4.39 Å². The molecule has 2 saturated carbocycles. The van der Waals surface area contributed by atoms with E-state index in [2.05, 4.69) is 24.8 Å². The van der Waals surface area contributed by atoms with Gasteiger partial charge < -0.3 is 10.2 Å². The Balaban J connectivity index is 1.44. The molecule has 3 aliphatic carbocycles. The Morgan fingerprint density at radius 2 is 1.83 bits per heavy atom. The van der Waals surface area contributed by atoms with Crippen molar-refractivity contribution in [2.24, 2.45) is 17.3 Å². The lowest BCUT2D eigenvalue weighted by atomic mass is 9.53. The van der Waals surface area contributed by atoms with Crippen molar-refractivity contribution >= 4 is 0 Å². The first kappa shape index (κ1) is 18.7. The van der Waals surface area contributed by atoms with E-state index in [1.165, 1.54) is 23.3 Å². The summed E-state index contributed by atoms with van der Waals surface area (Å²) in [5.41, 5.74) is 2.22. The molecule has 0 unspecified atom stereocenters. The highest BCUT2D eigenvalue weighted by Crippen LogP contribution is 2.64. The second-order valence-electron chi connectivity index (χ2n) is 9.41. The maximum Gasteiger partial charge on any atom is 0.131 e. The van der Waals surface area contributed by atoms with Crippen LogP contribution in [0.25, 0.3) is 0 Å². The molecule has 0 aliphatic heterocycles. The standard InChI is InChI=1S/C26H27FO2/c1-25-13-11-22-21-9-7-20(28)16-18(21)4-8-23(22)24(25)12-15-26(25,29)14-10-17-2-5-19(27)6-3-17/h2-3,5-7,9,16,22-24,28-29H,4,8,11-13,15H2,1H3/t22-,23-,24+,25+,26+/m1/s1/i27-1. The summed E-state index contributed by atoms with van der Waals surface area (Å²) in [5, 5.41) is 21.4. The van der Waals surface area contributed by atoms with Gasteiger partial charge in [0.25, 0.3) is 0 Å². The van der Waals surface area contributed by atoms with Crippen molar-refractivity contribution in [1.29, 1.82) is 0 Å². The number of halogens is 1. The molecule has 0 heterocycles. The molecular weight excluding hydrogens is 362 g/mol. The highest BCUT2D eigenvalue weighted by molar-refractivity contribution is 5.42. The van der Waals surface area contributed by atoms with Gasteiger partial charge >= 0.3 is 0 Å². The number of rotatable bonds is 0. The summed E-state index contributed by atoms with van der Waals surface area (Å²) in [6, 6.07) is 12.0. The van der Waals surface area contributed by atoms with Crippen LogP contribution in [0.15, 0.2) is 42.5 Å². The minimum absolute atomic E-state index is 0.213. The lowest BCUT2D eigenvalue weighted by Crippen LogP contribution is -2.50. The number of hydrogen-bond donors (Lipinski definition) is 2. The number of benzene rings is 2. The van der Waals surface area contributed by atoms with Gasteiger partial charge in [-0.2, -0.15) is 0 Å². The molecule has 2 aromatic rings. The molecule has 0 aromatic heterocycles. The van der Waals surface area contributed by atoms with E-state index in [1.807, 2.05) is 12.1 Å². The normalized spacial score (nSPS) is 35.1. The Morgan fingerprint density at radius 1 is 1.03 bits per heavy atom. The van der Waals surface area contributed by atoms with Gasteiger partial charge in [0.1, 0.15) is 17.2 Å². The Bertz CT molecular complexity index is 1000. The molecule has 2 fully saturated rings. The minimum atomic E-state index is -0.994. The van der Waals surface area contributed by atoms with Crippen LogP contribution in [0.3, 0.4) is 0 Å². The van der Waals surface area contributed by atoms with E-state index in [4.69, 9.17) is 0 Å². The van der Waals surface area contributed by atoms with Crippen LogP contribution in [-0.4, -0.2) is 15.8 Å². The number of hydrogen-bond acceptors (Lipinski definition) is 2. The third kappa shape index (κ3) is 2.89. The number of aliphatic hydroxyl groups is 1. The van der Waals surface area contributed by atoms with E-state index in [-0.39, 0.29) is 11.2 Å². The molecule has 3 aliphatic rings. The van der Waals surface area contributed by atoms with Crippen molar-refractivity contribution < 1.29 is 14.6 Å². The maximum atomic E-state index is 13.2. The van der Waals surface area contributed by atoms with Crippen LogP contribution in [0.5, 0.6) is 5.75 Å². The Hall–Kier alpha value is -2.31. The number of aryl methyl sites for hydroxylation is 1. The molecule has 2 nitrogen and oxygen atoms in total. The predicted octanol–water partition coefficient (Wildman–Crippen LogP) is 5.17. The van der Waals surface area contributed by atoms with E-state index in [0.717, 1.165) is 37.7 Å². The largest absolute Gasteiger partial charge is 0.508 e. The molecule has 0 radical (unpaired) electrons. The van der Waals surface area contributed by atoms with Crippen molar-refractivity contribution in [2.75, 3.05) is 0 Å². The zero-order valence-electron chi connectivity index (χ0n) is 16.8. The smallest absolute Gasteiger partial charge is 0.131 e. The summed E-state index contributed by atoms with van der Waals surface area (Å²) < 4.78 is 13.2. The average molecular weight is 390 g/mol. The van der Waals surface area contributed by atoms with Gasteiger partial charge in [0.15, 0.2) is 0 Å². The lowest BCUT2D eigenvalue weighted by molar-refractivity contribution is -0.0647. The minimum Gasteiger partial charge on any atom is -0.508 e. The third-order valence-corrected chi connectivity index (χ3v) is 8.12. The fourth-order valence-corrected chi connectivity index (χ4v) is 6.50. The summed E-state index contributed by atoms with van der Waals surface area (Å²) in [7, 11) is 0. The summed E-state index contributed by atoms with van der Waals surface area (Å²) >= 11 is 0. The summed E-state index contributed by atoms with van der Waals surface area (Å²) in [6.07, 6.45) is 5.82. The van der Waals surface area contributed by atoms with Gasteiger partial charge in [-0.1, -0.05) is 24.8 Å². The Morgan fingerprint density at radius 3 is 2.62 bits per heavy atom. The first-order valence-corrected chi connectivity index (χ1v) is 10.7. The van der Waals surface area contributed by atoms with E-state index in [9.17, 15) is 14.6 Å². The zero-order valence-corrected chi connectivity index (χ0v) is 16.8. The number of phenolic OH excluding ortho intramolecular Hbond substituents is 1. The monoisotopic (exact) mass is 389 g/mol. The molecule has 150 valence electrons. The van der Waals surface area contributed by atoms with Crippen LogP contribution >= 0.6 is 0 Å². The molecule has 0 saturated heterocycles.